The van der Waals surface area contributed by atoms with E-state index in [1.807, 2.05) is 32.0 Å². The van der Waals surface area contributed by atoms with Crippen LogP contribution in [0.4, 0.5) is 11.4 Å². The van der Waals surface area contributed by atoms with E-state index < -0.39 is 20.9 Å². The van der Waals surface area contributed by atoms with E-state index >= 15 is 0 Å². The fourth-order valence-electron chi connectivity index (χ4n) is 2.40. The van der Waals surface area contributed by atoms with E-state index in [9.17, 15) is 23.3 Å². The predicted molar refractivity (Wildman–Crippen MR) is 97.5 cm³/mol. The van der Waals surface area contributed by atoms with E-state index in [4.69, 9.17) is 0 Å². The molecule has 9 heteroatoms. The minimum Gasteiger partial charge on any atom is -0.324 e. The first-order valence-corrected chi connectivity index (χ1v) is 9.14. The van der Waals surface area contributed by atoms with Gasteiger partial charge in [0.25, 0.3) is 5.69 Å². The van der Waals surface area contributed by atoms with Gasteiger partial charge in [-0.3, -0.25) is 14.9 Å². The second kappa shape index (κ2) is 7.63. The number of carbonyl (C=O) groups is 1. The lowest BCUT2D eigenvalue weighted by Gasteiger charge is -2.18. The quantitative estimate of drug-likeness (QED) is 0.614. The Bertz CT molecular complexity index is 919. The van der Waals surface area contributed by atoms with Crippen LogP contribution in [0.3, 0.4) is 0 Å². The smallest absolute Gasteiger partial charge is 0.269 e. The highest BCUT2D eigenvalue weighted by atomic mass is 32.2. The second-order valence-corrected chi connectivity index (χ2v) is 7.87. The Morgan fingerprint density at radius 2 is 1.65 bits per heavy atom. The standard InChI is InChI=1S/C17H19N3O5S/c1-12-5-4-6-13(2)17(12)18-16(21)11-19(3)26(24,25)15-9-7-14(8-10-15)20(22)23/h4-10H,11H2,1-3H3,(H,18,21). The zero-order valence-corrected chi connectivity index (χ0v) is 15.4. The Balaban J connectivity index is 2.13. The van der Waals surface area contributed by atoms with Gasteiger partial charge >= 0.3 is 0 Å². The molecule has 138 valence electrons. The third kappa shape index (κ3) is 4.24. The van der Waals surface area contributed by atoms with Crippen molar-refractivity contribution < 1.29 is 18.1 Å². The van der Waals surface area contributed by atoms with Gasteiger partial charge < -0.3 is 5.32 Å². The summed E-state index contributed by atoms with van der Waals surface area (Å²) in [5.41, 5.74) is 2.19. The van der Waals surface area contributed by atoms with Gasteiger partial charge in [0.2, 0.25) is 15.9 Å². The van der Waals surface area contributed by atoms with Gasteiger partial charge in [-0.05, 0) is 37.1 Å². The summed E-state index contributed by atoms with van der Waals surface area (Å²) in [6.07, 6.45) is 0. The van der Waals surface area contributed by atoms with Gasteiger partial charge in [-0.1, -0.05) is 18.2 Å². The van der Waals surface area contributed by atoms with E-state index in [1.54, 1.807) is 0 Å². The van der Waals surface area contributed by atoms with Crippen molar-refractivity contribution in [3.63, 3.8) is 0 Å². The van der Waals surface area contributed by atoms with E-state index in [0.717, 1.165) is 39.7 Å². The third-order valence-electron chi connectivity index (χ3n) is 3.87. The molecule has 1 amide bonds. The van der Waals surface area contributed by atoms with Crippen LogP contribution < -0.4 is 5.32 Å². The first kappa shape index (κ1) is 19.5. The lowest BCUT2D eigenvalue weighted by Crippen LogP contribution is -2.35. The molecule has 8 nitrogen and oxygen atoms in total. The first-order valence-electron chi connectivity index (χ1n) is 7.70. The molecule has 0 atom stereocenters. The molecule has 2 aromatic rings. The number of nitro groups is 1. The number of benzene rings is 2. The van der Waals surface area contributed by atoms with E-state index in [1.165, 1.54) is 7.05 Å². The SMILES string of the molecule is Cc1cccc(C)c1NC(=O)CN(C)S(=O)(=O)c1ccc([N+](=O)[O-])cc1. The number of amides is 1. The van der Waals surface area contributed by atoms with Crippen LogP contribution in [0, 0.1) is 24.0 Å². The number of rotatable bonds is 6. The number of anilines is 1. The Hall–Kier alpha value is -2.78. The third-order valence-corrected chi connectivity index (χ3v) is 5.69. The summed E-state index contributed by atoms with van der Waals surface area (Å²) in [5, 5.41) is 13.4. The highest BCUT2D eigenvalue weighted by Crippen LogP contribution is 2.21. The molecule has 1 N–H and O–H groups in total. The number of likely N-dealkylation sites (N-methyl/N-ethyl adjacent to an activating group) is 1. The van der Waals surface area contributed by atoms with Crippen molar-refractivity contribution in [3.05, 3.63) is 63.7 Å². The fraction of sp³-hybridized carbons (Fsp3) is 0.235. The molecule has 0 fully saturated rings. The van der Waals surface area contributed by atoms with Crippen LogP contribution in [0.25, 0.3) is 0 Å². The van der Waals surface area contributed by atoms with E-state index in [-0.39, 0.29) is 17.1 Å². The topological polar surface area (TPSA) is 110 Å². The van der Waals surface area contributed by atoms with Gasteiger partial charge in [-0.2, -0.15) is 4.31 Å². The Kier molecular flexibility index (Phi) is 5.73. The van der Waals surface area contributed by atoms with E-state index in [0.29, 0.717) is 5.69 Å². The van der Waals surface area contributed by atoms with Gasteiger partial charge in [0.05, 0.1) is 16.4 Å². The van der Waals surface area contributed by atoms with Crippen molar-refractivity contribution in [1.82, 2.24) is 4.31 Å². The number of nitrogens with zero attached hydrogens (tertiary/aromatic N) is 2. The molecule has 0 heterocycles. The second-order valence-electron chi connectivity index (χ2n) is 5.83. The largest absolute Gasteiger partial charge is 0.324 e. The summed E-state index contributed by atoms with van der Waals surface area (Å²) in [7, 11) is -2.66. The molecule has 0 aliphatic heterocycles. The summed E-state index contributed by atoms with van der Waals surface area (Å²) in [5.74, 6) is -0.476. The lowest BCUT2D eigenvalue weighted by atomic mass is 10.1. The summed E-state index contributed by atoms with van der Waals surface area (Å²) in [6.45, 7) is 3.31. The molecule has 0 saturated heterocycles. The Morgan fingerprint density at radius 3 is 2.15 bits per heavy atom. The van der Waals surface area contributed by atoms with Gasteiger partial charge in [-0.15, -0.1) is 0 Å². The van der Waals surface area contributed by atoms with Crippen LogP contribution in [-0.2, 0) is 14.8 Å². The molecule has 0 spiro atoms. The minimum atomic E-state index is -3.94. The molecule has 0 aliphatic carbocycles. The molecule has 2 aromatic carbocycles. The van der Waals surface area contributed by atoms with Crippen molar-refractivity contribution in [3.8, 4) is 0 Å². The molecule has 0 radical (unpaired) electrons. The summed E-state index contributed by atoms with van der Waals surface area (Å²) in [4.78, 5) is 22.2. The van der Waals surface area contributed by atoms with Crippen molar-refractivity contribution in [1.29, 1.82) is 0 Å². The zero-order chi connectivity index (χ0) is 19.5. The summed E-state index contributed by atoms with van der Waals surface area (Å²) >= 11 is 0. The van der Waals surface area contributed by atoms with Crippen molar-refractivity contribution in [2.75, 3.05) is 18.9 Å². The van der Waals surface area contributed by atoms with Gasteiger partial charge in [0.15, 0.2) is 0 Å². The number of non-ortho nitro benzene ring substituents is 1. The van der Waals surface area contributed by atoms with Gasteiger partial charge in [0, 0.05) is 24.9 Å². The monoisotopic (exact) mass is 377 g/mol. The molecular weight excluding hydrogens is 358 g/mol. The number of nitrogens with one attached hydrogen (secondary N) is 1. The molecule has 0 unspecified atom stereocenters. The normalized spacial score (nSPS) is 11.4. The number of sulfonamides is 1. The number of nitro benzene ring substituents is 1. The minimum absolute atomic E-state index is 0.120. The van der Waals surface area contributed by atoms with Gasteiger partial charge in [0.1, 0.15) is 0 Å². The number of aryl methyl sites for hydroxylation is 2. The molecule has 0 aromatic heterocycles. The maximum absolute atomic E-state index is 12.5. The number of hydrogen-bond acceptors (Lipinski definition) is 5. The maximum atomic E-state index is 12.5. The first-order chi connectivity index (χ1) is 12.1. The Labute approximate surface area is 151 Å². The lowest BCUT2D eigenvalue weighted by molar-refractivity contribution is -0.384. The summed E-state index contributed by atoms with van der Waals surface area (Å²) in [6, 6.07) is 10.1. The van der Waals surface area contributed by atoms with Crippen LogP contribution in [-0.4, -0.2) is 37.1 Å². The number of para-hydroxylation sites is 1. The van der Waals surface area contributed by atoms with Crippen LogP contribution in [0.15, 0.2) is 47.4 Å². The van der Waals surface area contributed by atoms with Crippen LogP contribution in [0.2, 0.25) is 0 Å². The highest BCUT2D eigenvalue weighted by molar-refractivity contribution is 7.89. The average Bonchev–Trinajstić information content (AvgIpc) is 2.58. The molecule has 0 bridgehead atoms. The Morgan fingerprint density at radius 1 is 1.12 bits per heavy atom. The fourth-order valence-corrected chi connectivity index (χ4v) is 3.52. The van der Waals surface area contributed by atoms with Crippen LogP contribution >= 0.6 is 0 Å². The van der Waals surface area contributed by atoms with Crippen molar-refractivity contribution in [2.24, 2.45) is 0 Å². The van der Waals surface area contributed by atoms with Crippen LogP contribution in [0.1, 0.15) is 11.1 Å². The zero-order valence-electron chi connectivity index (χ0n) is 14.6. The van der Waals surface area contributed by atoms with Crippen LogP contribution in [0.5, 0.6) is 0 Å². The number of carbonyl (C=O) groups excluding carboxylic acids is 1. The average molecular weight is 377 g/mol. The molecular formula is C17H19N3O5S. The summed E-state index contributed by atoms with van der Waals surface area (Å²) < 4.78 is 25.9. The molecule has 26 heavy (non-hydrogen) atoms. The molecule has 0 saturated carbocycles. The molecule has 2 rings (SSSR count). The van der Waals surface area contributed by atoms with Gasteiger partial charge in [-0.25, -0.2) is 8.42 Å². The number of hydrogen-bond donors (Lipinski definition) is 1. The maximum Gasteiger partial charge on any atom is 0.269 e. The molecule has 0 aliphatic rings. The predicted octanol–water partition coefficient (Wildman–Crippen LogP) is 2.47. The van der Waals surface area contributed by atoms with E-state index in [2.05, 4.69) is 5.32 Å². The van der Waals surface area contributed by atoms with Crippen molar-refractivity contribution in [2.45, 2.75) is 18.7 Å². The van der Waals surface area contributed by atoms with Crippen molar-refractivity contribution >= 4 is 27.3 Å². The highest BCUT2D eigenvalue weighted by Gasteiger charge is 2.24.